The van der Waals surface area contributed by atoms with Crippen LogP contribution in [-0.2, 0) is 27.1 Å². The van der Waals surface area contributed by atoms with Crippen LogP contribution in [0.15, 0.2) is 29.2 Å². The fraction of sp³-hybridized carbons (Fsp3) is 0.267. The number of aromatic nitrogens is 1. The van der Waals surface area contributed by atoms with Crippen molar-refractivity contribution in [2.24, 2.45) is 0 Å². The van der Waals surface area contributed by atoms with Crippen LogP contribution in [0.1, 0.15) is 27.3 Å². The fourth-order valence-electron chi connectivity index (χ4n) is 2.22. The molecule has 0 bridgehead atoms. The number of aryl methyl sites for hydroxylation is 1. The normalized spacial score (nSPS) is 12.7. The van der Waals surface area contributed by atoms with Crippen LogP contribution in [-0.4, -0.2) is 26.5 Å². The third-order valence-corrected chi connectivity index (χ3v) is 4.80. The van der Waals surface area contributed by atoms with Gasteiger partial charge in [-0.2, -0.15) is 26.3 Å². The van der Waals surface area contributed by atoms with E-state index in [4.69, 9.17) is 0 Å². The SMILES string of the molecule is COC(=O)c1[nH]c(C)cc1NS(=O)(=O)c1cc(C(F)(F)F)cc(C(F)(F)F)c1. The molecule has 0 fully saturated rings. The summed E-state index contributed by atoms with van der Waals surface area (Å²) in [5.41, 5.74) is -4.05. The summed E-state index contributed by atoms with van der Waals surface area (Å²) >= 11 is 0. The number of esters is 1. The second-order valence-corrected chi connectivity index (χ2v) is 7.26. The molecule has 0 aliphatic rings. The van der Waals surface area contributed by atoms with Crippen LogP contribution >= 0.6 is 0 Å². The van der Waals surface area contributed by atoms with Crippen molar-refractivity contribution in [1.29, 1.82) is 0 Å². The summed E-state index contributed by atoms with van der Waals surface area (Å²) in [6, 6.07) is 1.06. The molecule has 1 aromatic carbocycles. The molecule has 0 aliphatic carbocycles. The van der Waals surface area contributed by atoms with Gasteiger partial charge >= 0.3 is 18.3 Å². The van der Waals surface area contributed by atoms with Gasteiger partial charge in [0.2, 0.25) is 0 Å². The van der Waals surface area contributed by atoms with Gasteiger partial charge in [-0.05, 0) is 31.2 Å². The lowest BCUT2D eigenvalue weighted by molar-refractivity contribution is -0.143. The number of ether oxygens (including phenoxy) is 1. The van der Waals surface area contributed by atoms with Crippen molar-refractivity contribution in [2.45, 2.75) is 24.2 Å². The Morgan fingerprint density at radius 3 is 1.93 bits per heavy atom. The highest BCUT2D eigenvalue weighted by Crippen LogP contribution is 2.37. The molecule has 6 nitrogen and oxygen atoms in total. The molecule has 0 unspecified atom stereocenters. The van der Waals surface area contributed by atoms with Gasteiger partial charge < -0.3 is 9.72 Å². The number of methoxy groups -OCH3 is 1. The Kier molecular flexibility index (Phi) is 5.43. The summed E-state index contributed by atoms with van der Waals surface area (Å²) in [6.45, 7) is 1.44. The Bertz CT molecular complexity index is 976. The van der Waals surface area contributed by atoms with E-state index in [0.29, 0.717) is 0 Å². The lowest BCUT2D eigenvalue weighted by atomic mass is 10.1. The highest BCUT2D eigenvalue weighted by Gasteiger charge is 2.38. The summed E-state index contributed by atoms with van der Waals surface area (Å²) in [7, 11) is -3.91. The van der Waals surface area contributed by atoms with Crippen LogP contribution in [0.3, 0.4) is 0 Å². The van der Waals surface area contributed by atoms with E-state index >= 15 is 0 Å². The number of anilines is 1. The minimum absolute atomic E-state index is 0.0644. The Labute approximate surface area is 154 Å². The summed E-state index contributed by atoms with van der Waals surface area (Å²) in [5, 5.41) is 0. The molecular weight excluding hydrogens is 418 g/mol. The smallest absolute Gasteiger partial charge is 0.416 e. The standard InChI is InChI=1S/C15H12F6N2O4S/c1-7-3-11(12(22-7)13(24)27-2)23-28(25,26)10-5-8(14(16,17)18)4-9(6-10)15(19,20)21/h3-6,22-23H,1-2H3. The zero-order valence-corrected chi connectivity index (χ0v) is 14.9. The van der Waals surface area contributed by atoms with Crippen LogP contribution in [0.25, 0.3) is 0 Å². The Balaban J connectivity index is 2.59. The van der Waals surface area contributed by atoms with Crippen LogP contribution in [0, 0.1) is 6.92 Å². The van der Waals surface area contributed by atoms with E-state index < -0.39 is 50.1 Å². The number of carbonyl (C=O) groups excluding carboxylic acids is 1. The molecule has 2 N–H and O–H groups in total. The number of hydrogen-bond donors (Lipinski definition) is 2. The number of H-pyrrole nitrogens is 1. The average Bonchev–Trinajstić information content (AvgIpc) is 2.91. The van der Waals surface area contributed by atoms with Crippen LogP contribution in [0.5, 0.6) is 0 Å². The highest BCUT2D eigenvalue weighted by atomic mass is 32.2. The molecule has 2 aromatic rings. The van der Waals surface area contributed by atoms with Gasteiger partial charge in [0, 0.05) is 5.69 Å². The first kappa shape index (κ1) is 21.6. The van der Waals surface area contributed by atoms with Gasteiger partial charge in [-0.3, -0.25) is 4.72 Å². The zero-order chi connectivity index (χ0) is 21.5. The molecule has 28 heavy (non-hydrogen) atoms. The van der Waals surface area contributed by atoms with Crippen molar-refractivity contribution in [2.75, 3.05) is 11.8 Å². The first-order valence-corrected chi connectivity index (χ1v) is 8.73. The van der Waals surface area contributed by atoms with E-state index in [0.717, 1.165) is 13.2 Å². The maximum Gasteiger partial charge on any atom is 0.416 e. The number of nitrogens with one attached hydrogen (secondary N) is 2. The lowest BCUT2D eigenvalue weighted by Crippen LogP contribution is -2.18. The zero-order valence-electron chi connectivity index (χ0n) is 14.1. The molecule has 0 radical (unpaired) electrons. The number of sulfonamides is 1. The number of alkyl halides is 6. The van der Waals surface area contributed by atoms with Crippen LogP contribution in [0.2, 0.25) is 0 Å². The van der Waals surface area contributed by atoms with Crippen molar-refractivity contribution in [3.8, 4) is 0 Å². The molecule has 0 saturated heterocycles. The second kappa shape index (κ2) is 7.04. The topological polar surface area (TPSA) is 88.3 Å². The second-order valence-electron chi connectivity index (χ2n) is 5.58. The molecule has 0 saturated carbocycles. The number of benzene rings is 1. The first-order valence-electron chi connectivity index (χ1n) is 7.25. The monoisotopic (exact) mass is 430 g/mol. The highest BCUT2D eigenvalue weighted by molar-refractivity contribution is 7.92. The van der Waals surface area contributed by atoms with Crippen LogP contribution < -0.4 is 4.72 Å². The molecule has 2 rings (SSSR count). The van der Waals surface area contributed by atoms with Crippen molar-refractivity contribution in [1.82, 2.24) is 4.98 Å². The third-order valence-electron chi connectivity index (χ3n) is 3.46. The Hall–Kier alpha value is -2.70. The maximum atomic E-state index is 12.9. The number of rotatable bonds is 4. The lowest BCUT2D eigenvalue weighted by Gasteiger charge is -2.15. The summed E-state index contributed by atoms with van der Waals surface area (Å²) in [5.74, 6) is -0.995. The van der Waals surface area contributed by atoms with E-state index in [1.54, 1.807) is 4.72 Å². The quantitative estimate of drug-likeness (QED) is 0.568. The Morgan fingerprint density at radius 2 is 1.50 bits per heavy atom. The molecule has 1 heterocycles. The maximum absolute atomic E-state index is 12.9. The predicted octanol–water partition coefficient (Wildman–Crippen LogP) is 3.95. The molecule has 13 heteroatoms. The molecule has 0 amide bonds. The number of carbonyl (C=O) groups is 1. The molecule has 154 valence electrons. The van der Waals surface area contributed by atoms with Gasteiger partial charge in [0.1, 0.15) is 5.69 Å². The molecule has 0 aliphatic heterocycles. The molecule has 0 spiro atoms. The van der Waals surface area contributed by atoms with Crippen molar-refractivity contribution < 1.29 is 44.3 Å². The van der Waals surface area contributed by atoms with Crippen molar-refractivity contribution in [3.05, 3.63) is 46.8 Å². The van der Waals surface area contributed by atoms with Gasteiger partial charge in [0.15, 0.2) is 0 Å². The van der Waals surface area contributed by atoms with E-state index in [-0.39, 0.29) is 29.6 Å². The van der Waals surface area contributed by atoms with Gasteiger partial charge in [0.25, 0.3) is 10.0 Å². The number of halogens is 6. The summed E-state index contributed by atoms with van der Waals surface area (Å²) in [4.78, 5) is 12.9. The fourth-order valence-corrected chi connectivity index (χ4v) is 3.35. The third kappa shape index (κ3) is 4.58. The van der Waals surface area contributed by atoms with E-state index in [2.05, 4.69) is 9.72 Å². The molecular formula is C15H12F6N2O4S. The minimum atomic E-state index is -5.21. The van der Waals surface area contributed by atoms with E-state index in [1.165, 1.54) is 6.92 Å². The van der Waals surface area contributed by atoms with Gasteiger partial charge in [-0.25, -0.2) is 13.2 Å². The predicted molar refractivity (Wildman–Crippen MR) is 84.1 cm³/mol. The summed E-state index contributed by atoms with van der Waals surface area (Å²) < 4.78 is 109. The van der Waals surface area contributed by atoms with E-state index in [1.807, 2.05) is 0 Å². The number of aromatic amines is 1. The largest absolute Gasteiger partial charge is 0.464 e. The van der Waals surface area contributed by atoms with Gasteiger partial charge in [-0.1, -0.05) is 0 Å². The molecule has 1 aromatic heterocycles. The van der Waals surface area contributed by atoms with Crippen molar-refractivity contribution >= 4 is 21.7 Å². The van der Waals surface area contributed by atoms with Gasteiger partial charge in [0.05, 0.1) is 28.8 Å². The van der Waals surface area contributed by atoms with E-state index in [9.17, 15) is 39.6 Å². The van der Waals surface area contributed by atoms with Crippen LogP contribution in [0.4, 0.5) is 32.0 Å². The molecule has 0 atom stereocenters. The minimum Gasteiger partial charge on any atom is -0.464 e. The average molecular weight is 430 g/mol. The summed E-state index contributed by atoms with van der Waals surface area (Å²) in [6.07, 6.45) is -10.4. The number of hydrogen-bond acceptors (Lipinski definition) is 4. The van der Waals surface area contributed by atoms with Crippen molar-refractivity contribution in [3.63, 3.8) is 0 Å². The Morgan fingerprint density at radius 1 is 1.00 bits per heavy atom. The first-order chi connectivity index (χ1) is 12.6. The van der Waals surface area contributed by atoms with Gasteiger partial charge in [-0.15, -0.1) is 0 Å².